The second kappa shape index (κ2) is 7.58. The molecule has 0 aliphatic carbocycles. The summed E-state index contributed by atoms with van der Waals surface area (Å²) in [5.41, 5.74) is 0.876. The van der Waals surface area contributed by atoms with Crippen LogP contribution in [0.15, 0.2) is 76.7 Å². The van der Waals surface area contributed by atoms with Crippen LogP contribution in [0.4, 0.5) is 4.39 Å². The van der Waals surface area contributed by atoms with Gasteiger partial charge >= 0.3 is 0 Å². The van der Waals surface area contributed by atoms with Gasteiger partial charge in [0.05, 0.1) is 9.79 Å². The first-order valence-corrected chi connectivity index (χ1v) is 10.9. The Balaban J connectivity index is 2.11. The second-order valence-electron chi connectivity index (χ2n) is 6.25. The largest absolute Gasteiger partial charge is 0.252 e. The summed E-state index contributed by atoms with van der Waals surface area (Å²) in [5.74, 6) is -0.555. The monoisotopic (exact) mass is 465 g/mol. The van der Waals surface area contributed by atoms with Gasteiger partial charge in [0, 0.05) is 32.2 Å². The fourth-order valence-electron chi connectivity index (χ4n) is 3.12. The van der Waals surface area contributed by atoms with Crippen molar-refractivity contribution in [2.75, 3.05) is 0 Å². The van der Waals surface area contributed by atoms with Gasteiger partial charge in [-0.05, 0) is 42.0 Å². The molecule has 3 nitrogen and oxygen atoms in total. The van der Waals surface area contributed by atoms with Gasteiger partial charge in [0.25, 0.3) is 0 Å². The maximum atomic E-state index is 14.3. The molecule has 0 saturated heterocycles. The zero-order valence-corrected chi connectivity index (χ0v) is 17.6. The Labute approximate surface area is 181 Å². The Morgan fingerprint density at radius 2 is 1.52 bits per heavy atom. The fraction of sp³-hybridized carbons (Fsp3) is 0. The Hall–Kier alpha value is -2.18. The van der Waals surface area contributed by atoms with Crippen molar-refractivity contribution in [1.82, 2.24) is 4.98 Å². The lowest BCUT2D eigenvalue weighted by molar-refractivity contribution is 0.596. The summed E-state index contributed by atoms with van der Waals surface area (Å²) in [5, 5.41) is 1.12. The second-order valence-corrected chi connectivity index (χ2v) is 9.48. The average Bonchev–Trinajstić information content (AvgIpc) is 2.66. The van der Waals surface area contributed by atoms with Crippen molar-refractivity contribution < 1.29 is 12.8 Å². The van der Waals surface area contributed by atoms with Crippen LogP contribution in [0, 0.1) is 5.82 Å². The highest BCUT2D eigenvalue weighted by Gasteiger charge is 2.26. The van der Waals surface area contributed by atoms with E-state index in [0.29, 0.717) is 21.5 Å². The summed E-state index contributed by atoms with van der Waals surface area (Å²) in [4.78, 5) is 3.88. The van der Waals surface area contributed by atoms with E-state index in [4.69, 9.17) is 34.8 Å². The highest BCUT2D eigenvalue weighted by molar-refractivity contribution is 7.91. The lowest BCUT2D eigenvalue weighted by Crippen LogP contribution is -2.06. The van der Waals surface area contributed by atoms with Crippen molar-refractivity contribution in [2.45, 2.75) is 9.79 Å². The van der Waals surface area contributed by atoms with Crippen LogP contribution < -0.4 is 0 Å². The average molecular weight is 467 g/mol. The number of benzene rings is 3. The van der Waals surface area contributed by atoms with Crippen molar-refractivity contribution in [3.05, 3.63) is 87.7 Å². The molecule has 0 fully saturated rings. The third-order valence-corrected chi connectivity index (χ3v) is 6.78. The lowest BCUT2D eigenvalue weighted by atomic mass is 10.0. The molecule has 3 aromatic carbocycles. The lowest BCUT2D eigenvalue weighted by Gasteiger charge is -2.14. The molecule has 0 aliphatic heterocycles. The minimum Gasteiger partial charge on any atom is -0.252 e. The van der Waals surface area contributed by atoms with Crippen molar-refractivity contribution >= 4 is 55.5 Å². The molecule has 0 unspecified atom stereocenters. The molecule has 4 aromatic rings. The number of sulfone groups is 1. The zero-order valence-electron chi connectivity index (χ0n) is 14.5. The molecule has 29 heavy (non-hydrogen) atoms. The van der Waals surface area contributed by atoms with Gasteiger partial charge in [-0.1, -0.05) is 59.1 Å². The molecule has 0 aliphatic rings. The van der Waals surface area contributed by atoms with E-state index in [2.05, 4.69) is 4.98 Å². The van der Waals surface area contributed by atoms with Crippen molar-refractivity contribution in [1.29, 1.82) is 0 Å². The van der Waals surface area contributed by atoms with Crippen LogP contribution in [0.3, 0.4) is 0 Å². The first-order chi connectivity index (χ1) is 13.8. The van der Waals surface area contributed by atoms with Gasteiger partial charge in [-0.25, -0.2) is 12.8 Å². The number of rotatable bonds is 3. The molecule has 8 heteroatoms. The molecule has 146 valence electrons. The van der Waals surface area contributed by atoms with E-state index in [9.17, 15) is 12.8 Å². The molecule has 0 saturated carbocycles. The highest BCUT2D eigenvalue weighted by atomic mass is 35.5. The molecular formula is C21H11Cl3FNO2S. The third kappa shape index (κ3) is 3.71. The first-order valence-electron chi connectivity index (χ1n) is 8.32. The van der Waals surface area contributed by atoms with E-state index >= 15 is 0 Å². The maximum Gasteiger partial charge on any atom is 0.208 e. The number of pyridine rings is 1. The van der Waals surface area contributed by atoms with Gasteiger partial charge < -0.3 is 0 Å². The van der Waals surface area contributed by atoms with Gasteiger partial charge in [0.15, 0.2) is 0 Å². The minimum atomic E-state index is -4.08. The number of aromatic nitrogens is 1. The number of para-hydroxylation sites is 1. The topological polar surface area (TPSA) is 47.0 Å². The molecule has 0 amide bonds. The number of fused-ring (bicyclic) bond motifs is 1. The summed E-state index contributed by atoms with van der Waals surface area (Å²) < 4.78 is 41.3. The normalized spacial score (nSPS) is 11.7. The molecule has 4 rings (SSSR count). The van der Waals surface area contributed by atoms with E-state index in [1.165, 1.54) is 30.3 Å². The smallest absolute Gasteiger partial charge is 0.208 e. The zero-order chi connectivity index (χ0) is 20.8. The first kappa shape index (κ1) is 20.1. The number of halogens is 4. The van der Waals surface area contributed by atoms with Crippen molar-refractivity contribution in [3.63, 3.8) is 0 Å². The Kier molecular flexibility index (Phi) is 5.25. The van der Waals surface area contributed by atoms with Crippen LogP contribution in [0.2, 0.25) is 15.1 Å². The van der Waals surface area contributed by atoms with E-state index in [-0.39, 0.29) is 25.4 Å². The van der Waals surface area contributed by atoms with Gasteiger partial charge in [0.1, 0.15) is 11.3 Å². The number of hydrogen-bond donors (Lipinski definition) is 0. The highest BCUT2D eigenvalue weighted by Crippen LogP contribution is 2.38. The summed E-state index contributed by atoms with van der Waals surface area (Å²) in [7, 11) is -4.08. The van der Waals surface area contributed by atoms with Crippen molar-refractivity contribution in [2.24, 2.45) is 0 Å². The fourth-order valence-corrected chi connectivity index (χ4v) is 5.48. The van der Waals surface area contributed by atoms with Gasteiger partial charge in [-0.2, -0.15) is 0 Å². The number of hydrogen-bond acceptors (Lipinski definition) is 3. The summed E-state index contributed by atoms with van der Waals surface area (Å²) >= 11 is 18.1. The Morgan fingerprint density at radius 3 is 2.21 bits per heavy atom. The molecule has 0 atom stereocenters. The quantitative estimate of drug-likeness (QED) is 0.332. The van der Waals surface area contributed by atoms with E-state index in [0.717, 1.165) is 6.20 Å². The molecular weight excluding hydrogens is 456 g/mol. The van der Waals surface area contributed by atoms with Gasteiger partial charge in [-0.15, -0.1) is 0 Å². The Bertz CT molecular complexity index is 1350. The molecule has 0 spiro atoms. The van der Waals surface area contributed by atoms with Crippen LogP contribution in [-0.4, -0.2) is 13.4 Å². The minimum absolute atomic E-state index is 0.0607. The van der Waals surface area contributed by atoms with Gasteiger partial charge in [-0.3, -0.25) is 4.98 Å². The molecule has 0 N–H and O–H groups in total. The van der Waals surface area contributed by atoms with Crippen LogP contribution in [0.25, 0.3) is 22.0 Å². The van der Waals surface area contributed by atoms with E-state index in [1.54, 1.807) is 30.3 Å². The summed E-state index contributed by atoms with van der Waals surface area (Å²) in [6.45, 7) is 0. The van der Waals surface area contributed by atoms with Crippen molar-refractivity contribution in [3.8, 4) is 11.1 Å². The standard InChI is InChI=1S/C21H11Cl3FNO2S/c22-13-4-1-3-12(7-13)20-17-5-2-6-18(25)21(17)26-11-19(20)29(27,28)16-9-14(23)8-15(24)10-16/h1-11H. The third-order valence-electron chi connectivity index (χ3n) is 4.36. The predicted molar refractivity (Wildman–Crippen MR) is 114 cm³/mol. The number of nitrogens with zero attached hydrogens (tertiary/aromatic N) is 1. The predicted octanol–water partition coefficient (Wildman–Crippen LogP) is 6.83. The van der Waals surface area contributed by atoms with Crippen LogP contribution in [0.5, 0.6) is 0 Å². The van der Waals surface area contributed by atoms with Crippen LogP contribution >= 0.6 is 34.8 Å². The van der Waals surface area contributed by atoms with Gasteiger partial charge in [0.2, 0.25) is 9.84 Å². The van der Waals surface area contributed by atoms with Crippen LogP contribution in [0.1, 0.15) is 0 Å². The summed E-state index contributed by atoms with van der Waals surface area (Å²) in [6.07, 6.45) is 1.14. The molecule has 0 bridgehead atoms. The summed E-state index contributed by atoms with van der Waals surface area (Å²) in [6, 6.07) is 15.1. The maximum absolute atomic E-state index is 14.3. The Morgan fingerprint density at radius 1 is 0.828 bits per heavy atom. The van der Waals surface area contributed by atoms with Crippen LogP contribution in [-0.2, 0) is 9.84 Å². The molecule has 1 aromatic heterocycles. The van der Waals surface area contributed by atoms with E-state index < -0.39 is 15.7 Å². The van der Waals surface area contributed by atoms with E-state index in [1.807, 2.05) is 0 Å². The molecule has 0 radical (unpaired) electrons. The SMILES string of the molecule is O=S(=O)(c1cc(Cl)cc(Cl)c1)c1cnc2c(F)cccc2c1-c1cccc(Cl)c1. The molecule has 1 heterocycles.